The molecule has 0 bridgehead atoms. The SMILES string of the molecule is O=[C]CCCCCCCC(=O)O. The molecule has 1 N–H and O–H groups in total. The first-order chi connectivity index (χ1) is 5.77. The molecule has 0 aromatic rings. The van der Waals surface area contributed by atoms with E-state index in [1.165, 1.54) is 0 Å². The predicted molar refractivity (Wildman–Crippen MR) is 45.6 cm³/mol. The van der Waals surface area contributed by atoms with E-state index in [1.807, 2.05) is 6.29 Å². The number of carbonyl (C=O) groups is 1. The van der Waals surface area contributed by atoms with Crippen LogP contribution in [0.15, 0.2) is 0 Å². The van der Waals surface area contributed by atoms with Crippen LogP contribution in [0.2, 0.25) is 0 Å². The summed E-state index contributed by atoms with van der Waals surface area (Å²) in [5.41, 5.74) is 0. The van der Waals surface area contributed by atoms with Crippen LogP contribution < -0.4 is 0 Å². The minimum atomic E-state index is -0.726. The average molecular weight is 171 g/mol. The van der Waals surface area contributed by atoms with Gasteiger partial charge in [-0.05, 0) is 12.8 Å². The van der Waals surface area contributed by atoms with Gasteiger partial charge < -0.3 is 5.11 Å². The van der Waals surface area contributed by atoms with Crippen molar-refractivity contribution >= 4 is 12.3 Å². The summed E-state index contributed by atoms with van der Waals surface area (Å²) < 4.78 is 0. The zero-order valence-corrected chi connectivity index (χ0v) is 7.21. The Bertz CT molecular complexity index is 132. The Morgan fingerprint density at radius 3 is 2.25 bits per heavy atom. The van der Waals surface area contributed by atoms with Crippen LogP contribution in [0.4, 0.5) is 0 Å². The van der Waals surface area contributed by atoms with Gasteiger partial charge in [-0.15, -0.1) is 0 Å². The predicted octanol–water partition coefficient (Wildman–Crippen LogP) is 1.91. The minimum Gasteiger partial charge on any atom is -0.481 e. The van der Waals surface area contributed by atoms with E-state index in [1.54, 1.807) is 0 Å². The second kappa shape index (κ2) is 8.24. The summed E-state index contributed by atoms with van der Waals surface area (Å²) in [6.45, 7) is 0. The van der Waals surface area contributed by atoms with E-state index in [0.29, 0.717) is 6.42 Å². The average Bonchev–Trinajstić information content (AvgIpc) is 2.02. The largest absolute Gasteiger partial charge is 0.481 e. The highest BCUT2D eigenvalue weighted by molar-refractivity contribution is 5.66. The smallest absolute Gasteiger partial charge is 0.303 e. The van der Waals surface area contributed by atoms with E-state index < -0.39 is 5.97 Å². The van der Waals surface area contributed by atoms with Gasteiger partial charge in [0.2, 0.25) is 0 Å². The highest BCUT2D eigenvalue weighted by atomic mass is 16.4. The van der Waals surface area contributed by atoms with Crippen LogP contribution in [0.5, 0.6) is 0 Å². The third kappa shape index (κ3) is 9.14. The molecule has 0 aromatic heterocycles. The fourth-order valence-electron chi connectivity index (χ4n) is 1.00. The molecule has 0 rings (SSSR count). The number of unbranched alkanes of at least 4 members (excludes halogenated alkanes) is 5. The molecule has 1 radical (unpaired) electrons. The number of carboxylic acid groups (broad SMARTS) is 1. The Morgan fingerprint density at radius 1 is 1.08 bits per heavy atom. The zero-order valence-electron chi connectivity index (χ0n) is 7.21. The molecular formula is C9H15O3. The molecule has 0 aliphatic rings. The summed E-state index contributed by atoms with van der Waals surface area (Å²) in [4.78, 5) is 19.9. The maximum Gasteiger partial charge on any atom is 0.303 e. The standard InChI is InChI=1S/C9H15O3/c10-8-6-4-2-1-3-5-7-9(11)12/h1-7H2,(H,11,12). The second-order valence-corrected chi connectivity index (χ2v) is 2.81. The Morgan fingerprint density at radius 2 is 1.67 bits per heavy atom. The number of carboxylic acids is 1. The lowest BCUT2D eigenvalue weighted by Crippen LogP contribution is -1.93. The lowest BCUT2D eigenvalue weighted by atomic mass is 10.1. The number of hydrogen-bond acceptors (Lipinski definition) is 2. The first kappa shape index (κ1) is 11.1. The fraction of sp³-hybridized carbons (Fsp3) is 0.778. The van der Waals surface area contributed by atoms with Crippen molar-refractivity contribution in [1.29, 1.82) is 0 Å². The van der Waals surface area contributed by atoms with E-state index >= 15 is 0 Å². The molecule has 0 saturated heterocycles. The van der Waals surface area contributed by atoms with E-state index in [4.69, 9.17) is 5.11 Å². The van der Waals surface area contributed by atoms with Crippen molar-refractivity contribution in [3.8, 4) is 0 Å². The number of hydrogen-bond donors (Lipinski definition) is 1. The molecule has 0 aromatic carbocycles. The number of rotatable bonds is 8. The van der Waals surface area contributed by atoms with Crippen LogP contribution in [0.1, 0.15) is 44.9 Å². The first-order valence-electron chi connectivity index (χ1n) is 4.34. The first-order valence-corrected chi connectivity index (χ1v) is 4.34. The molecule has 3 heteroatoms. The maximum atomic E-state index is 10.1. The molecule has 0 heterocycles. The Kier molecular flexibility index (Phi) is 7.65. The highest BCUT2D eigenvalue weighted by Gasteiger charge is 1.95. The third-order valence-corrected chi connectivity index (χ3v) is 1.67. The molecule has 12 heavy (non-hydrogen) atoms. The van der Waals surface area contributed by atoms with E-state index in [9.17, 15) is 9.59 Å². The maximum absolute atomic E-state index is 10.1. The minimum absolute atomic E-state index is 0.264. The topological polar surface area (TPSA) is 54.4 Å². The normalized spacial score (nSPS) is 9.67. The van der Waals surface area contributed by atoms with Gasteiger partial charge in [-0.2, -0.15) is 0 Å². The lowest BCUT2D eigenvalue weighted by Gasteiger charge is -1.96. The van der Waals surface area contributed by atoms with Crippen LogP contribution in [0.25, 0.3) is 0 Å². The Balaban J connectivity index is 2.90. The van der Waals surface area contributed by atoms with E-state index in [0.717, 1.165) is 32.1 Å². The van der Waals surface area contributed by atoms with Crippen molar-refractivity contribution in [2.75, 3.05) is 0 Å². The van der Waals surface area contributed by atoms with Gasteiger partial charge in [0, 0.05) is 12.8 Å². The fourth-order valence-corrected chi connectivity index (χ4v) is 1.00. The molecule has 0 saturated carbocycles. The van der Waals surface area contributed by atoms with E-state index in [2.05, 4.69) is 0 Å². The Hall–Kier alpha value is -0.860. The molecule has 0 unspecified atom stereocenters. The Labute approximate surface area is 72.8 Å². The van der Waals surface area contributed by atoms with Gasteiger partial charge in [-0.1, -0.05) is 19.3 Å². The monoisotopic (exact) mass is 171 g/mol. The molecule has 69 valence electrons. The summed E-state index contributed by atoms with van der Waals surface area (Å²) in [5, 5.41) is 8.30. The van der Waals surface area contributed by atoms with Gasteiger partial charge in [-0.3, -0.25) is 9.59 Å². The summed E-state index contributed by atoms with van der Waals surface area (Å²) in [7, 11) is 0. The van der Waals surface area contributed by atoms with Crippen LogP contribution in [0, 0.1) is 0 Å². The molecule has 3 nitrogen and oxygen atoms in total. The van der Waals surface area contributed by atoms with Crippen molar-refractivity contribution in [1.82, 2.24) is 0 Å². The van der Waals surface area contributed by atoms with Gasteiger partial charge in [-0.25, -0.2) is 0 Å². The lowest BCUT2D eigenvalue weighted by molar-refractivity contribution is -0.137. The molecule has 0 amide bonds. The molecular weight excluding hydrogens is 156 g/mol. The van der Waals surface area contributed by atoms with Crippen LogP contribution >= 0.6 is 0 Å². The van der Waals surface area contributed by atoms with Crippen molar-refractivity contribution in [2.45, 2.75) is 44.9 Å². The molecule has 0 aliphatic carbocycles. The second-order valence-electron chi connectivity index (χ2n) is 2.81. The quantitative estimate of drug-likeness (QED) is 0.567. The van der Waals surface area contributed by atoms with E-state index in [-0.39, 0.29) is 6.42 Å². The van der Waals surface area contributed by atoms with Crippen LogP contribution in [-0.4, -0.2) is 17.4 Å². The van der Waals surface area contributed by atoms with Gasteiger partial charge in [0.05, 0.1) is 0 Å². The van der Waals surface area contributed by atoms with Gasteiger partial charge in [0.15, 0.2) is 6.29 Å². The summed E-state index contributed by atoms with van der Waals surface area (Å²) in [6, 6.07) is 0. The molecule has 0 fully saturated rings. The van der Waals surface area contributed by atoms with Gasteiger partial charge >= 0.3 is 5.97 Å². The van der Waals surface area contributed by atoms with Crippen molar-refractivity contribution < 1.29 is 14.7 Å². The summed E-state index contributed by atoms with van der Waals surface area (Å²) >= 11 is 0. The molecule has 0 aliphatic heterocycles. The number of carbonyl (C=O) groups excluding carboxylic acids is 1. The number of aliphatic carboxylic acids is 1. The van der Waals surface area contributed by atoms with Crippen molar-refractivity contribution in [3.05, 3.63) is 0 Å². The molecule has 0 spiro atoms. The van der Waals surface area contributed by atoms with Gasteiger partial charge in [0.25, 0.3) is 0 Å². The van der Waals surface area contributed by atoms with Crippen LogP contribution in [0.3, 0.4) is 0 Å². The van der Waals surface area contributed by atoms with Crippen molar-refractivity contribution in [3.63, 3.8) is 0 Å². The molecule has 0 atom stereocenters. The highest BCUT2D eigenvalue weighted by Crippen LogP contribution is 2.05. The van der Waals surface area contributed by atoms with Crippen molar-refractivity contribution in [2.24, 2.45) is 0 Å². The third-order valence-electron chi connectivity index (χ3n) is 1.67. The van der Waals surface area contributed by atoms with Crippen LogP contribution in [-0.2, 0) is 9.59 Å². The summed E-state index contributed by atoms with van der Waals surface area (Å²) in [5.74, 6) is -0.726. The zero-order chi connectivity index (χ0) is 9.23. The van der Waals surface area contributed by atoms with Gasteiger partial charge in [0.1, 0.15) is 0 Å². The summed E-state index contributed by atoms with van der Waals surface area (Å²) in [6.07, 6.45) is 7.23.